The average Bonchev–Trinajstić information content (AvgIpc) is 2.63. The van der Waals surface area contributed by atoms with Crippen molar-refractivity contribution >= 4 is 22.4 Å². The number of carbonyl (C=O) groups excluding carboxylic acids is 1. The maximum absolute atomic E-state index is 11.4. The van der Waals surface area contributed by atoms with Crippen molar-refractivity contribution in [1.82, 2.24) is 4.98 Å². The Kier molecular flexibility index (Phi) is 5.28. The van der Waals surface area contributed by atoms with Gasteiger partial charge in [0.05, 0.1) is 5.69 Å². The minimum atomic E-state index is 0.0468. The van der Waals surface area contributed by atoms with Crippen LogP contribution in [0.25, 0.3) is 0 Å². The Morgan fingerprint density at radius 3 is 3.13 bits per heavy atom. The number of anilines is 1. The van der Waals surface area contributed by atoms with Gasteiger partial charge in [0, 0.05) is 18.2 Å². The molecule has 0 saturated carbocycles. The smallest absolute Gasteiger partial charge is 0.226 e. The van der Waals surface area contributed by atoms with Gasteiger partial charge in [0.15, 0.2) is 5.13 Å². The summed E-state index contributed by atoms with van der Waals surface area (Å²) in [5, 5.41) is 5.40. The molecule has 1 rings (SSSR count). The van der Waals surface area contributed by atoms with Crippen LogP contribution in [0.4, 0.5) is 5.13 Å². The second-order valence-corrected chi connectivity index (χ2v) is 4.19. The van der Waals surface area contributed by atoms with Crippen LogP contribution in [0, 0.1) is 0 Å². The van der Waals surface area contributed by atoms with E-state index in [-0.39, 0.29) is 5.91 Å². The molecule has 1 heterocycles. The molecule has 0 unspecified atom stereocenters. The maximum atomic E-state index is 11.4. The van der Waals surface area contributed by atoms with Gasteiger partial charge in [0.1, 0.15) is 0 Å². The molecule has 0 atom stereocenters. The van der Waals surface area contributed by atoms with Crippen molar-refractivity contribution in [3.63, 3.8) is 0 Å². The van der Waals surface area contributed by atoms with Gasteiger partial charge in [0.2, 0.25) is 5.91 Å². The third-order valence-electron chi connectivity index (χ3n) is 1.96. The Balaban J connectivity index is 2.39. The van der Waals surface area contributed by atoms with Gasteiger partial charge in [-0.1, -0.05) is 13.3 Å². The van der Waals surface area contributed by atoms with Gasteiger partial charge in [0.25, 0.3) is 0 Å². The number of rotatable bonds is 6. The highest BCUT2D eigenvalue weighted by Gasteiger charge is 2.05. The molecule has 84 valence electrons. The molecular formula is C10H17N3OS. The first-order chi connectivity index (χ1) is 7.26. The number of nitrogens with two attached hydrogens (primary N) is 1. The van der Waals surface area contributed by atoms with E-state index in [0.717, 1.165) is 25.0 Å². The minimum absolute atomic E-state index is 0.0468. The quantitative estimate of drug-likeness (QED) is 0.778. The molecule has 0 fully saturated rings. The molecule has 0 spiro atoms. The van der Waals surface area contributed by atoms with E-state index in [2.05, 4.69) is 17.2 Å². The SMILES string of the molecule is CCCCC(=O)Nc1nc(CCN)cs1. The number of thiazole rings is 1. The van der Waals surface area contributed by atoms with E-state index < -0.39 is 0 Å². The highest BCUT2D eigenvalue weighted by Crippen LogP contribution is 2.15. The molecule has 0 aliphatic heterocycles. The molecule has 0 bridgehead atoms. The zero-order chi connectivity index (χ0) is 11.1. The van der Waals surface area contributed by atoms with Gasteiger partial charge >= 0.3 is 0 Å². The summed E-state index contributed by atoms with van der Waals surface area (Å²) in [5.41, 5.74) is 6.37. The van der Waals surface area contributed by atoms with Crippen LogP contribution in [0.1, 0.15) is 31.9 Å². The summed E-state index contributed by atoms with van der Waals surface area (Å²) < 4.78 is 0. The number of carbonyl (C=O) groups is 1. The van der Waals surface area contributed by atoms with Crippen molar-refractivity contribution < 1.29 is 4.79 Å². The third-order valence-corrected chi connectivity index (χ3v) is 2.76. The number of nitrogens with zero attached hydrogens (tertiary/aromatic N) is 1. The lowest BCUT2D eigenvalue weighted by atomic mass is 10.2. The van der Waals surface area contributed by atoms with Crippen molar-refractivity contribution in [1.29, 1.82) is 0 Å². The fraction of sp³-hybridized carbons (Fsp3) is 0.600. The van der Waals surface area contributed by atoms with Crippen LogP contribution in [-0.4, -0.2) is 17.4 Å². The van der Waals surface area contributed by atoms with E-state index in [1.54, 1.807) is 0 Å². The lowest BCUT2D eigenvalue weighted by molar-refractivity contribution is -0.116. The number of amides is 1. The van der Waals surface area contributed by atoms with E-state index in [4.69, 9.17) is 5.73 Å². The van der Waals surface area contributed by atoms with Gasteiger partial charge in [-0.05, 0) is 13.0 Å². The Morgan fingerprint density at radius 2 is 2.47 bits per heavy atom. The average molecular weight is 227 g/mol. The Hall–Kier alpha value is -0.940. The molecule has 1 amide bonds. The molecule has 1 aromatic heterocycles. The lowest BCUT2D eigenvalue weighted by Gasteiger charge is -1.99. The maximum Gasteiger partial charge on any atom is 0.226 e. The number of aromatic nitrogens is 1. The summed E-state index contributed by atoms with van der Waals surface area (Å²) in [5.74, 6) is 0.0468. The Morgan fingerprint density at radius 1 is 1.67 bits per heavy atom. The van der Waals surface area contributed by atoms with Gasteiger partial charge in [-0.25, -0.2) is 4.98 Å². The number of unbranched alkanes of at least 4 members (excludes halogenated alkanes) is 1. The molecule has 1 aromatic rings. The molecule has 0 saturated heterocycles. The molecule has 0 aliphatic carbocycles. The molecule has 15 heavy (non-hydrogen) atoms. The highest BCUT2D eigenvalue weighted by molar-refractivity contribution is 7.13. The van der Waals surface area contributed by atoms with E-state index >= 15 is 0 Å². The highest BCUT2D eigenvalue weighted by atomic mass is 32.1. The fourth-order valence-electron chi connectivity index (χ4n) is 1.15. The Bertz CT molecular complexity index is 311. The number of nitrogens with one attached hydrogen (secondary N) is 1. The van der Waals surface area contributed by atoms with E-state index in [9.17, 15) is 4.79 Å². The molecule has 3 N–H and O–H groups in total. The zero-order valence-electron chi connectivity index (χ0n) is 8.95. The van der Waals surface area contributed by atoms with Crippen LogP contribution < -0.4 is 11.1 Å². The normalized spacial score (nSPS) is 10.3. The number of hydrogen-bond donors (Lipinski definition) is 2. The van der Waals surface area contributed by atoms with E-state index in [1.807, 2.05) is 5.38 Å². The van der Waals surface area contributed by atoms with Crippen molar-refractivity contribution in [3.05, 3.63) is 11.1 Å². The van der Waals surface area contributed by atoms with E-state index in [1.165, 1.54) is 11.3 Å². The van der Waals surface area contributed by atoms with Crippen LogP contribution >= 0.6 is 11.3 Å². The molecule has 5 heteroatoms. The van der Waals surface area contributed by atoms with Crippen LogP contribution in [0.3, 0.4) is 0 Å². The zero-order valence-corrected chi connectivity index (χ0v) is 9.77. The molecule has 4 nitrogen and oxygen atoms in total. The minimum Gasteiger partial charge on any atom is -0.330 e. The van der Waals surface area contributed by atoms with Crippen LogP contribution in [-0.2, 0) is 11.2 Å². The lowest BCUT2D eigenvalue weighted by Crippen LogP contribution is -2.11. The summed E-state index contributed by atoms with van der Waals surface area (Å²) in [6.07, 6.45) is 3.29. The first-order valence-electron chi connectivity index (χ1n) is 5.20. The second kappa shape index (κ2) is 6.53. The van der Waals surface area contributed by atoms with Crippen molar-refractivity contribution in [3.8, 4) is 0 Å². The van der Waals surface area contributed by atoms with Crippen LogP contribution in [0.5, 0.6) is 0 Å². The number of hydrogen-bond acceptors (Lipinski definition) is 4. The van der Waals surface area contributed by atoms with Crippen LogP contribution in [0.2, 0.25) is 0 Å². The Labute approximate surface area is 93.9 Å². The topological polar surface area (TPSA) is 68.0 Å². The first-order valence-corrected chi connectivity index (χ1v) is 6.08. The molecule has 0 radical (unpaired) electrons. The largest absolute Gasteiger partial charge is 0.330 e. The van der Waals surface area contributed by atoms with Crippen molar-refractivity contribution in [2.45, 2.75) is 32.6 Å². The third kappa shape index (κ3) is 4.40. The van der Waals surface area contributed by atoms with Gasteiger partial charge in [-0.15, -0.1) is 11.3 Å². The van der Waals surface area contributed by atoms with Gasteiger partial charge in [-0.2, -0.15) is 0 Å². The van der Waals surface area contributed by atoms with E-state index in [0.29, 0.717) is 18.1 Å². The second-order valence-electron chi connectivity index (χ2n) is 3.33. The van der Waals surface area contributed by atoms with Gasteiger partial charge < -0.3 is 11.1 Å². The molecule has 0 aromatic carbocycles. The van der Waals surface area contributed by atoms with Crippen molar-refractivity contribution in [2.75, 3.05) is 11.9 Å². The summed E-state index contributed by atoms with van der Waals surface area (Å²) >= 11 is 1.45. The summed E-state index contributed by atoms with van der Waals surface area (Å²) in [7, 11) is 0. The fourth-order valence-corrected chi connectivity index (χ4v) is 1.91. The molecule has 0 aliphatic rings. The van der Waals surface area contributed by atoms with Gasteiger partial charge in [-0.3, -0.25) is 4.79 Å². The standard InChI is InChI=1S/C10H17N3OS/c1-2-3-4-9(14)13-10-12-8(5-6-11)7-15-10/h7H,2-6,11H2,1H3,(H,12,13,14). The summed E-state index contributed by atoms with van der Waals surface area (Å²) in [6, 6.07) is 0. The summed E-state index contributed by atoms with van der Waals surface area (Å²) in [6.45, 7) is 2.66. The predicted molar refractivity (Wildman–Crippen MR) is 63.0 cm³/mol. The van der Waals surface area contributed by atoms with Crippen molar-refractivity contribution in [2.24, 2.45) is 5.73 Å². The van der Waals surface area contributed by atoms with Crippen LogP contribution in [0.15, 0.2) is 5.38 Å². The predicted octanol–water partition coefficient (Wildman–Crippen LogP) is 1.77. The molecular weight excluding hydrogens is 210 g/mol. The monoisotopic (exact) mass is 227 g/mol. The summed E-state index contributed by atoms with van der Waals surface area (Å²) in [4.78, 5) is 15.6. The first kappa shape index (κ1) is 12.1.